The van der Waals surface area contributed by atoms with Crippen LogP contribution in [0.15, 0.2) is 0 Å². The first-order chi connectivity index (χ1) is 12.3. The molecule has 0 aromatic carbocycles. The van der Waals surface area contributed by atoms with E-state index in [-0.39, 0.29) is 44.6 Å². The second kappa shape index (κ2) is 20.7. The van der Waals surface area contributed by atoms with Crippen molar-refractivity contribution < 1.29 is 22.6 Å². The minimum atomic E-state index is -2.40. The van der Waals surface area contributed by atoms with Crippen LogP contribution in [0.5, 0.6) is 0 Å². The van der Waals surface area contributed by atoms with Crippen LogP contribution in [0.25, 0.3) is 0 Å². The Balaban J connectivity index is -0.000000243. The Morgan fingerprint density at radius 3 is 1.26 bits per heavy atom. The lowest BCUT2D eigenvalue weighted by Crippen LogP contribution is -2.57. The summed E-state index contributed by atoms with van der Waals surface area (Å²) in [4.78, 5) is 2.12. The molecule has 3 atom stereocenters. The second-order valence-corrected chi connectivity index (χ2v) is 27.1. The Morgan fingerprint density at radius 2 is 0.971 bits per heavy atom. The van der Waals surface area contributed by atoms with E-state index in [2.05, 4.69) is 63.8 Å². The van der Waals surface area contributed by atoms with Crippen LogP contribution in [0.2, 0.25) is 65.0 Å². The van der Waals surface area contributed by atoms with Crippen LogP contribution in [-0.4, -0.2) is 80.7 Å². The lowest BCUT2D eigenvalue weighted by atomic mass is 10.3. The summed E-state index contributed by atoms with van der Waals surface area (Å²) in [6.07, 6.45) is 0.103. The van der Waals surface area contributed by atoms with Gasteiger partial charge >= 0.3 is 17.1 Å². The largest absolute Gasteiger partial charge is 0.437 e. The van der Waals surface area contributed by atoms with Crippen molar-refractivity contribution in [3.8, 4) is 0 Å². The van der Waals surface area contributed by atoms with Crippen LogP contribution >= 0.6 is 0 Å². The second-order valence-electron chi connectivity index (χ2n) is 10.6. The lowest BCUT2D eigenvalue weighted by Gasteiger charge is -2.41. The monoisotopic (exact) mass is 565 g/mol. The highest BCUT2D eigenvalue weighted by molar-refractivity contribution is 6.89. The van der Waals surface area contributed by atoms with Gasteiger partial charge in [-0.05, 0) is 91.8 Å². The fraction of sp³-hybridized carbons (Fsp3) is 1.00. The van der Waals surface area contributed by atoms with Gasteiger partial charge in [0.15, 0.2) is 16.6 Å². The Bertz CT molecular complexity index is 446. The average Bonchev–Trinajstić information content (AvgIpc) is 2.29. The Morgan fingerprint density at radius 1 is 0.618 bits per heavy atom. The summed E-state index contributed by atoms with van der Waals surface area (Å²) in [6, 6.07) is 0.888. The molecule has 0 rings (SSSR count). The van der Waals surface area contributed by atoms with Crippen LogP contribution in [0.4, 0.5) is 0 Å². The Labute approximate surface area is 222 Å². The molecule has 0 bridgehead atoms. The summed E-state index contributed by atoms with van der Waals surface area (Å²) in [6.45, 7) is 25.2. The van der Waals surface area contributed by atoms with Gasteiger partial charge in [0.2, 0.25) is 0 Å². The molecule has 0 aliphatic carbocycles. The molecule has 0 fully saturated rings. The molecule has 3 unspecified atom stereocenters. The fourth-order valence-corrected chi connectivity index (χ4v) is 21.6. The Hall–Kier alpha value is 0.628. The number of hydrogen-bond acceptors (Lipinski definition) is 6. The van der Waals surface area contributed by atoms with Crippen molar-refractivity contribution in [2.24, 2.45) is 0 Å². The standard InChI is InChI=1S/C18H47NO5Si4.6CH4/c1-17(20)15-19(16-18(2)21)13-12-14-28(11,23-26(6,7)8)24-27(9,10)22-25(3,4)5;;;;;;/h17-18,20-21H,12-16H2,1-11H3;6*1H4. The molecule has 0 aliphatic heterocycles. The van der Waals surface area contributed by atoms with Crippen molar-refractivity contribution in [2.45, 2.75) is 142 Å². The van der Waals surface area contributed by atoms with E-state index in [0.717, 1.165) is 19.0 Å². The first-order valence-electron chi connectivity index (χ1n) is 10.5. The number of aliphatic hydroxyl groups is 2. The highest BCUT2D eigenvalue weighted by atomic mass is 28.5. The van der Waals surface area contributed by atoms with Gasteiger partial charge in [0, 0.05) is 13.1 Å². The van der Waals surface area contributed by atoms with E-state index >= 15 is 0 Å². The summed E-state index contributed by atoms with van der Waals surface area (Å²) >= 11 is 0. The maximum absolute atomic E-state index is 9.74. The van der Waals surface area contributed by atoms with E-state index in [1.165, 1.54) is 0 Å². The molecule has 6 nitrogen and oxygen atoms in total. The predicted octanol–water partition coefficient (Wildman–Crippen LogP) is 7.75. The first kappa shape index (κ1) is 51.3. The molecule has 218 valence electrons. The van der Waals surface area contributed by atoms with E-state index in [4.69, 9.17) is 12.3 Å². The smallest absolute Gasteiger partial charge is 0.315 e. The predicted molar refractivity (Wildman–Crippen MR) is 169 cm³/mol. The summed E-state index contributed by atoms with van der Waals surface area (Å²) in [5.74, 6) is 0. The molecular formula is C24H71NO5Si4. The van der Waals surface area contributed by atoms with Crippen LogP contribution in [0, 0.1) is 0 Å². The maximum Gasteiger partial charge on any atom is 0.315 e. The fourth-order valence-electron chi connectivity index (χ4n) is 3.68. The van der Waals surface area contributed by atoms with Gasteiger partial charge in [0.05, 0.1) is 12.2 Å². The molecule has 0 heterocycles. The number of hydrogen-bond donors (Lipinski definition) is 2. The van der Waals surface area contributed by atoms with Gasteiger partial charge in [0.1, 0.15) is 0 Å². The van der Waals surface area contributed by atoms with E-state index < -0.39 is 46.0 Å². The molecule has 0 radical (unpaired) electrons. The maximum atomic E-state index is 9.74. The summed E-state index contributed by atoms with van der Waals surface area (Å²) in [5, 5.41) is 19.5. The van der Waals surface area contributed by atoms with Gasteiger partial charge in [-0.25, -0.2) is 0 Å². The highest BCUT2D eigenvalue weighted by Gasteiger charge is 2.44. The third kappa shape index (κ3) is 28.9. The van der Waals surface area contributed by atoms with Crippen molar-refractivity contribution >= 4 is 33.8 Å². The first-order valence-corrected chi connectivity index (χ1v) is 22.7. The molecule has 0 aliphatic rings. The van der Waals surface area contributed by atoms with Crippen molar-refractivity contribution in [1.29, 1.82) is 0 Å². The van der Waals surface area contributed by atoms with Crippen molar-refractivity contribution in [1.82, 2.24) is 4.90 Å². The zero-order chi connectivity index (χ0) is 22.4. The minimum absolute atomic E-state index is 0. The Kier molecular flexibility index (Phi) is 31.2. The molecule has 0 saturated heterocycles. The summed E-state index contributed by atoms with van der Waals surface area (Å²) < 4.78 is 19.8. The van der Waals surface area contributed by atoms with E-state index in [1.807, 2.05) is 0 Å². The zero-order valence-corrected chi connectivity index (χ0v) is 24.3. The van der Waals surface area contributed by atoms with Crippen LogP contribution in [0.1, 0.15) is 64.8 Å². The van der Waals surface area contributed by atoms with Gasteiger partial charge in [-0.3, -0.25) is 4.90 Å². The molecule has 0 amide bonds. The molecule has 0 saturated carbocycles. The normalized spacial score (nSPS) is 15.0. The number of rotatable bonds is 14. The lowest BCUT2D eigenvalue weighted by molar-refractivity contribution is 0.0834. The van der Waals surface area contributed by atoms with Crippen LogP contribution < -0.4 is 0 Å². The van der Waals surface area contributed by atoms with Crippen LogP contribution in [0.3, 0.4) is 0 Å². The van der Waals surface area contributed by atoms with Gasteiger partial charge in [-0.2, -0.15) is 0 Å². The molecule has 2 N–H and O–H groups in total. The third-order valence-electron chi connectivity index (χ3n) is 3.69. The van der Waals surface area contributed by atoms with E-state index in [9.17, 15) is 10.2 Å². The summed E-state index contributed by atoms with van der Waals surface area (Å²) in [7, 11) is -8.12. The average molecular weight is 566 g/mol. The SMILES string of the molecule is C.C.C.C.C.C.CC(O)CN(CCC[Si](C)(O[Si](C)(C)C)O[Si](C)(C)O[Si](C)(C)C)CC(C)O. The molecule has 10 heteroatoms. The van der Waals surface area contributed by atoms with E-state index in [0.29, 0.717) is 13.1 Å². The van der Waals surface area contributed by atoms with Gasteiger partial charge in [-0.15, -0.1) is 0 Å². The zero-order valence-electron chi connectivity index (χ0n) is 20.3. The van der Waals surface area contributed by atoms with Crippen molar-refractivity contribution in [3.63, 3.8) is 0 Å². The highest BCUT2D eigenvalue weighted by Crippen LogP contribution is 2.27. The van der Waals surface area contributed by atoms with Crippen molar-refractivity contribution in [3.05, 3.63) is 0 Å². The molecule has 0 spiro atoms. The van der Waals surface area contributed by atoms with E-state index in [1.54, 1.807) is 13.8 Å². The molecule has 0 aromatic heterocycles. The molecular weight excluding hydrogens is 495 g/mol. The van der Waals surface area contributed by atoms with Gasteiger partial charge < -0.3 is 22.6 Å². The minimum Gasteiger partial charge on any atom is -0.437 e. The summed E-state index contributed by atoms with van der Waals surface area (Å²) in [5.41, 5.74) is 0. The number of aliphatic hydroxyl groups excluding tert-OH is 2. The molecule has 0 aromatic rings. The quantitative estimate of drug-likeness (QED) is 0.210. The number of nitrogens with zero attached hydrogens (tertiary/aromatic N) is 1. The topological polar surface area (TPSA) is 71.4 Å². The third-order valence-corrected chi connectivity index (χ3v) is 17.2. The van der Waals surface area contributed by atoms with Crippen molar-refractivity contribution in [2.75, 3.05) is 19.6 Å². The van der Waals surface area contributed by atoms with Gasteiger partial charge in [0.25, 0.3) is 0 Å². The van der Waals surface area contributed by atoms with Gasteiger partial charge in [-0.1, -0.05) is 44.6 Å². The molecule has 34 heavy (non-hydrogen) atoms. The van der Waals surface area contributed by atoms with Crippen LogP contribution in [-0.2, 0) is 12.3 Å².